The quantitative estimate of drug-likeness (QED) is 0.559. The Hall–Kier alpha value is -0.0800. The highest BCUT2D eigenvalue weighted by atomic mass is 15.2. The van der Waals surface area contributed by atoms with E-state index in [0.717, 1.165) is 6.04 Å². The van der Waals surface area contributed by atoms with E-state index in [-0.39, 0.29) is 0 Å². The lowest BCUT2D eigenvalue weighted by Crippen LogP contribution is -3.14. The third kappa shape index (κ3) is 2.96. The highest BCUT2D eigenvalue weighted by Crippen LogP contribution is 2.02. The number of nitrogens with two attached hydrogens (primary N) is 1. The fraction of sp³-hybridized carbons (Fsp3) is 1.00. The van der Waals surface area contributed by atoms with E-state index in [4.69, 9.17) is 0 Å². The van der Waals surface area contributed by atoms with Crippen molar-refractivity contribution in [2.75, 3.05) is 26.2 Å². The van der Waals surface area contributed by atoms with Crippen molar-refractivity contribution in [3.63, 3.8) is 0 Å². The SMILES string of the molecule is C1CC[NH2+][C@@H](C[NH+]2CCCC2)CC1. The van der Waals surface area contributed by atoms with Gasteiger partial charge in [0.25, 0.3) is 0 Å². The van der Waals surface area contributed by atoms with Crippen molar-refractivity contribution in [3.05, 3.63) is 0 Å². The first-order valence-corrected chi connectivity index (χ1v) is 6.12. The molecule has 2 aliphatic heterocycles. The van der Waals surface area contributed by atoms with Gasteiger partial charge >= 0.3 is 0 Å². The van der Waals surface area contributed by atoms with Crippen molar-refractivity contribution < 1.29 is 10.2 Å². The summed E-state index contributed by atoms with van der Waals surface area (Å²) in [6.07, 6.45) is 8.83. The molecule has 2 heterocycles. The summed E-state index contributed by atoms with van der Waals surface area (Å²) in [6.45, 7) is 5.73. The molecule has 76 valence electrons. The van der Waals surface area contributed by atoms with Crippen molar-refractivity contribution in [3.8, 4) is 0 Å². The summed E-state index contributed by atoms with van der Waals surface area (Å²) in [5, 5.41) is 2.61. The number of nitrogens with one attached hydrogen (secondary N) is 1. The molecule has 2 aliphatic rings. The third-order valence-corrected chi connectivity index (χ3v) is 3.64. The van der Waals surface area contributed by atoms with Crippen molar-refractivity contribution in [2.24, 2.45) is 0 Å². The van der Waals surface area contributed by atoms with Gasteiger partial charge in [-0.2, -0.15) is 0 Å². The smallest absolute Gasteiger partial charge is 0.135 e. The summed E-state index contributed by atoms with van der Waals surface area (Å²) in [4.78, 5) is 1.88. The van der Waals surface area contributed by atoms with Crippen molar-refractivity contribution in [2.45, 2.75) is 44.6 Å². The lowest BCUT2D eigenvalue weighted by Gasteiger charge is -2.17. The van der Waals surface area contributed by atoms with Crippen LogP contribution in [0.4, 0.5) is 0 Å². The number of hydrogen-bond donors (Lipinski definition) is 2. The maximum Gasteiger partial charge on any atom is 0.135 e. The summed E-state index contributed by atoms with van der Waals surface area (Å²) in [7, 11) is 0. The molecule has 0 aromatic carbocycles. The van der Waals surface area contributed by atoms with E-state index in [0.29, 0.717) is 0 Å². The van der Waals surface area contributed by atoms with Crippen LogP contribution in [0.25, 0.3) is 0 Å². The van der Waals surface area contributed by atoms with Gasteiger partial charge in [-0.25, -0.2) is 0 Å². The van der Waals surface area contributed by atoms with Crippen LogP contribution in [-0.4, -0.2) is 32.2 Å². The number of quaternary nitrogens is 2. The fourth-order valence-electron chi connectivity index (χ4n) is 2.83. The van der Waals surface area contributed by atoms with E-state index < -0.39 is 0 Å². The minimum Gasteiger partial charge on any atom is -0.339 e. The van der Waals surface area contributed by atoms with Crippen molar-refractivity contribution >= 4 is 0 Å². The first kappa shape index (κ1) is 9.47. The van der Waals surface area contributed by atoms with Crippen LogP contribution < -0.4 is 10.2 Å². The number of hydrogen-bond acceptors (Lipinski definition) is 0. The molecule has 2 nitrogen and oxygen atoms in total. The molecule has 3 N–H and O–H groups in total. The summed E-state index contributed by atoms with van der Waals surface area (Å²) in [5.41, 5.74) is 0. The van der Waals surface area contributed by atoms with Crippen LogP contribution in [0.15, 0.2) is 0 Å². The Balaban J connectivity index is 1.71. The summed E-state index contributed by atoms with van der Waals surface area (Å²) < 4.78 is 0. The summed E-state index contributed by atoms with van der Waals surface area (Å²) >= 11 is 0. The molecule has 2 heteroatoms. The molecule has 2 fully saturated rings. The normalized spacial score (nSPS) is 31.8. The van der Waals surface area contributed by atoms with E-state index in [1.54, 1.807) is 0 Å². The number of rotatable bonds is 2. The molecule has 1 atom stereocenters. The number of likely N-dealkylation sites (tertiary alicyclic amines) is 1. The van der Waals surface area contributed by atoms with Crippen LogP contribution in [0.1, 0.15) is 38.5 Å². The monoisotopic (exact) mass is 184 g/mol. The Morgan fingerprint density at radius 3 is 2.69 bits per heavy atom. The average molecular weight is 184 g/mol. The highest BCUT2D eigenvalue weighted by molar-refractivity contribution is 4.58. The fourth-order valence-corrected chi connectivity index (χ4v) is 2.83. The average Bonchev–Trinajstić information content (AvgIpc) is 2.49. The predicted molar refractivity (Wildman–Crippen MR) is 53.8 cm³/mol. The first-order valence-electron chi connectivity index (χ1n) is 6.12. The van der Waals surface area contributed by atoms with Gasteiger partial charge in [-0.15, -0.1) is 0 Å². The van der Waals surface area contributed by atoms with Crippen molar-refractivity contribution in [1.29, 1.82) is 0 Å². The Morgan fingerprint density at radius 2 is 1.85 bits per heavy atom. The lowest BCUT2D eigenvalue weighted by atomic mass is 10.1. The highest BCUT2D eigenvalue weighted by Gasteiger charge is 2.23. The molecule has 0 bridgehead atoms. The molecule has 0 amide bonds. The van der Waals surface area contributed by atoms with Gasteiger partial charge in [0.2, 0.25) is 0 Å². The maximum absolute atomic E-state index is 2.61. The first-order chi connectivity index (χ1) is 6.45. The van der Waals surface area contributed by atoms with Crippen LogP contribution in [0.5, 0.6) is 0 Å². The predicted octanol–water partition coefficient (Wildman–Crippen LogP) is -0.829. The largest absolute Gasteiger partial charge is 0.339 e. The summed E-state index contributed by atoms with van der Waals surface area (Å²) in [6, 6.07) is 0.954. The Labute approximate surface area is 81.7 Å². The van der Waals surface area contributed by atoms with Crippen LogP contribution in [0.2, 0.25) is 0 Å². The third-order valence-electron chi connectivity index (χ3n) is 3.64. The van der Waals surface area contributed by atoms with Gasteiger partial charge in [0.15, 0.2) is 0 Å². The molecule has 13 heavy (non-hydrogen) atoms. The van der Waals surface area contributed by atoms with Crippen molar-refractivity contribution in [1.82, 2.24) is 0 Å². The van der Waals surface area contributed by atoms with Gasteiger partial charge < -0.3 is 10.2 Å². The molecular formula is C11H24N2+2. The zero-order chi connectivity index (χ0) is 8.93. The van der Waals surface area contributed by atoms with Gasteiger partial charge in [-0.3, -0.25) is 0 Å². The molecule has 0 aliphatic carbocycles. The van der Waals surface area contributed by atoms with E-state index in [1.807, 2.05) is 4.90 Å². The maximum atomic E-state index is 2.61. The second-order valence-corrected chi connectivity index (χ2v) is 4.80. The summed E-state index contributed by atoms with van der Waals surface area (Å²) in [5.74, 6) is 0. The van der Waals surface area contributed by atoms with Gasteiger partial charge in [-0.1, -0.05) is 0 Å². The Morgan fingerprint density at radius 1 is 1.00 bits per heavy atom. The molecule has 2 rings (SSSR count). The Bertz CT molecular complexity index is 133. The van der Waals surface area contributed by atoms with E-state index >= 15 is 0 Å². The lowest BCUT2D eigenvalue weighted by molar-refractivity contribution is -0.908. The van der Waals surface area contributed by atoms with E-state index in [1.165, 1.54) is 64.7 Å². The minimum absolute atomic E-state index is 0.954. The molecule has 2 saturated heterocycles. The van der Waals surface area contributed by atoms with Gasteiger partial charge in [-0.05, 0) is 19.3 Å². The van der Waals surface area contributed by atoms with Gasteiger partial charge in [0, 0.05) is 19.3 Å². The molecule has 0 radical (unpaired) electrons. The van der Waals surface area contributed by atoms with Gasteiger partial charge in [0.05, 0.1) is 19.6 Å². The molecule has 0 aromatic heterocycles. The standard InChI is InChI=1S/C11H22N2/c1-2-6-11(12-7-3-1)10-13-8-4-5-9-13/h11-12H,1-10H2/p+2/t11-/m1/s1. The molecule has 0 spiro atoms. The second-order valence-electron chi connectivity index (χ2n) is 4.80. The molecule has 0 saturated carbocycles. The topological polar surface area (TPSA) is 21.1 Å². The van der Waals surface area contributed by atoms with Crippen LogP contribution in [0, 0.1) is 0 Å². The van der Waals surface area contributed by atoms with E-state index in [9.17, 15) is 0 Å². The molecule has 0 aromatic rings. The zero-order valence-electron chi connectivity index (χ0n) is 8.73. The molecule has 0 unspecified atom stereocenters. The van der Waals surface area contributed by atoms with Gasteiger partial charge in [0.1, 0.15) is 12.6 Å². The Kier molecular flexibility index (Phi) is 3.62. The van der Waals surface area contributed by atoms with Crippen LogP contribution in [-0.2, 0) is 0 Å². The minimum atomic E-state index is 0.954. The molecular weight excluding hydrogens is 160 g/mol. The zero-order valence-corrected chi connectivity index (χ0v) is 8.73. The second kappa shape index (κ2) is 4.97. The van der Waals surface area contributed by atoms with Crippen LogP contribution >= 0.6 is 0 Å². The van der Waals surface area contributed by atoms with Crippen LogP contribution in [0.3, 0.4) is 0 Å². The van der Waals surface area contributed by atoms with E-state index in [2.05, 4.69) is 5.32 Å².